The Morgan fingerprint density at radius 3 is 1.64 bits per heavy atom. The number of unbranched alkanes of at least 4 members (excludes halogenated alkanes) is 23. The van der Waals surface area contributed by atoms with Gasteiger partial charge >= 0.3 is 6.09 Å². The Labute approximate surface area is 351 Å². The first-order valence-corrected chi connectivity index (χ1v) is 23.4. The number of hydrogen-bond acceptors (Lipinski definition) is 8. The molecule has 0 aromatic heterocycles. The Morgan fingerprint density at radius 2 is 1.16 bits per heavy atom. The number of benzene rings is 1. The molecule has 2 rings (SSSR count). The van der Waals surface area contributed by atoms with E-state index >= 15 is 0 Å². The molecule has 0 radical (unpaired) electrons. The third kappa shape index (κ3) is 22.0. The molecule has 3 amide bonds. The monoisotopic (exact) mass is 818 g/mol. The molecule has 58 heavy (non-hydrogen) atoms. The lowest BCUT2D eigenvalue weighted by atomic mass is 9.94. The number of nitrogens with zero attached hydrogens (tertiary/aromatic N) is 1. The molecule has 1 aliphatic rings. The van der Waals surface area contributed by atoms with E-state index in [1.807, 2.05) is 30.3 Å². The van der Waals surface area contributed by atoms with Gasteiger partial charge in [-0.25, -0.2) is 4.79 Å². The summed E-state index contributed by atoms with van der Waals surface area (Å²) < 4.78 is 11.4. The first-order valence-electron chi connectivity index (χ1n) is 23.4. The minimum absolute atomic E-state index is 0.0302. The van der Waals surface area contributed by atoms with Crippen molar-refractivity contribution in [2.75, 3.05) is 13.2 Å². The Hall–Kier alpha value is -2.73. The predicted molar refractivity (Wildman–Crippen MR) is 232 cm³/mol. The van der Waals surface area contributed by atoms with E-state index < -0.39 is 55.2 Å². The second kappa shape index (κ2) is 33.0. The first kappa shape index (κ1) is 51.4. The molecule has 5 N–H and O–H groups in total. The minimum Gasteiger partial charge on any atom is -0.445 e. The van der Waals surface area contributed by atoms with E-state index in [9.17, 15) is 29.7 Å². The molecule has 1 fully saturated rings. The van der Waals surface area contributed by atoms with Crippen LogP contribution in [0.15, 0.2) is 30.3 Å². The van der Waals surface area contributed by atoms with Gasteiger partial charge in [-0.3, -0.25) is 9.59 Å². The molecule has 0 unspecified atom stereocenters. The van der Waals surface area contributed by atoms with E-state index in [4.69, 9.17) is 9.47 Å². The van der Waals surface area contributed by atoms with Gasteiger partial charge in [0.15, 0.2) is 6.23 Å². The average Bonchev–Trinajstić information content (AvgIpc) is 3.23. The molecule has 334 valence electrons. The van der Waals surface area contributed by atoms with Crippen LogP contribution in [0, 0.1) is 0 Å². The van der Waals surface area contributed by atoms with Gasteiger partial charge in [0.05, 0.1) is 6.61 Å². The molecular formula is C47H83N3O8. The number of carbonyl (C=O) groups is 3. The fraction of sp³-hybridized carbons (Fsp3) is 0.809. The predicted octanol–water partition coefficient (Wildman–Crippen LogP) is 9.24. The molecule has 1 aliphatic heterocycles. The molecular weight excluding hydrogens is 735 g/mol. The summed E-state index contributed by atoms with van der Waals surface area (Å²) in [6.07, 6.45) is 24.0. The van der Waals surface area contributed by atoms with Crippen molar-refractivity contribution >= 4 is 17.9 Å². The third-order valence-electron chi connectivity index (χ3n) is 11.5. The van der Waals surface area contributed by atoms with Crippen LogP contribution in [0.2, 0.25) is 0 Å². The third-order valence-corrected chi connectivity index (χ3v) is 11.5. The van der Waals surface area contributed by atoms with Crippen LogP contribution in [0.5, 0.6) is 0 Å². The summed E-state index contributed by atoms with van der Waals surface area (Å²) in [7, 11) is 0. The van der Waals surface area contributed by atoms with Gasteiger partial charge in [-0.2, -0.15) is 0 Å². The van der Waals surface area contributed by atoms with E-state index in [-0.39, 0.29) is 12.5 Å². The Kier molecular flexibility index (Phi) is 29.3. The van der Waals surface area contributed by atoms with Crippen LogP contribution in [-0.2, 0) is 25.7 Å². The quantitative estimate of drug-likeness (QED) is 0.0431. The lowest BCUT2D eigenvalue weighted by molar-refractivity contribution is -0.231. The second-order valence-electron chi connectivity index (χ2n) is 16.7. The summed E-state index contributed by atoms with van der Waals surface area (Å²) in [6.45, 7) is 5.78. The highest BCUT2D eigenvalue weighted by molar-refractivity contribution is 5.85. The van der Waals surface area contributed by atoms with Gasteiger partial charge in [-0.05, 0) is 25.3 Å². The van der Waals surface area contributed by atoms with Gasteiger partial charge < -0.3 is 40.3 Å². The minimum atomic E-state index is -1.54. The topological polar surface area (TPSA) is 158 Å². The number of ether oxygens (including phenoxy) is 2. The van der Waals surface area contributed by atoms with Gasteiger partial charge in [0.2, 0.25) is 11.8 Å². The molecule has 1 saturated heterocycles. The van der Waals surface area contributed by atoms with E-state index in [1.165, 1.54) is 116 Å². The summed E-state index contributed by atoms with van der Waals surface area (Å²) in [5.74, 6) is -0.790. The number of rotatable bonds is 34. The van der Waals surface area contributed by atoms with Gasteiger partial charge in [0, 0.05) is 13.0 Å². The number of aliphatic hydroxyl groups is 3. The molecule has 6 atom stereocenters. The normalized spacial score (nSPS) is 19.7. The second-order valence-corrected chi connectivity index (χ2v) is 16.7. The van der Waals surface area contributed by atoms with Crippen LogP contribution in [0.4, 0.5) is 4.79 Å². The molecule has 0 spiro atoms. The van der Waals surface area contributed by atoms with Gasteiger partial charge in [0.1, 0.15) is 37.0 Å². The maximum absolute atomic E-state index is 14.0. The Balaban J connectivity index is 1.96. The maximum Gasteiger partial charge on any atom is 0.408 e. The van der Waals surface area contributed by atoms with Gasteiger partial charge in [0.25, 0.3) is 0 Å². The number of nitrogens with one attached hydrogen (secondary N) is 2. The number of hydrogen-bond donors (Lipinski definition) is 5. The molecule has 0 aliphatic carbocycles. The van der Waals surface area contributed by atoms with Crippen LogP contribution in [-0.4, -0.2) is 87.9 Å². The van der Waals surface area contributed by atoms with Crippen molar-refractivity contribution in [1.29, 1.82) is 0 Å². The highest BCUT2D eigenvalue weighted by Gasteiger charge is 2.48. The maximum atomic E-state index is 14.0. The van der Waals surface area contributed by atoms with Crippen LogP contribution in [0.3, 0.4) is 0 Å². The smallest absolute Gasteiger partial charge is 0.408 e. The fourth-order valence-electron chi connectivity index (χ4n) is 7.77. The van der Waals surface area contributed by atoms with Crippen LogP contribution >= 0.6 is 0 Å². The lowest BCUT2D eigenvalue weighted by Crippen LogP contribution is -2.69. The van der Waals surface area contributed by atoms with Crippen molar-refractivity contribution in [3.8, 4) is 0 Å². The number of carbonyl (C=O) groups excluding carboxylic acids is 3. The number of amides is 3. The van der Waals surface area contributed by atoms with Crippen LogP contribution in [0.25, 0.3) is 0 Å². The largest absolute Gasteiger partial charge is 0.445 e. The van der Waals surface area contributed by atoms with Crippen molar-refractivity contribution in [2.24, 2.45) is 0 Å². The van der Waals surface area contributed by atoms with Gasteiger partial charge in [-0.1, -0.05) is 192 Å². The van der Waals surface area contributed by atoms with Gasteiger partial charge in [-0.15, -0.1) is 0 Å². The van der Waals surface area contributed by atoms with Crippen molar-refractivity contribution in [1.82, 2.24) is 15.5 Å². The molecule has 0 saturated carbocycles. The average molecular weight is 818 g/mol. The van der Waals surface area contributed by atoms with E-state index in [2.05, 4.69) is 24.5 Å². The SMILES string of the molecule is CCCCCCCCCCCCCCCCCCN(C(=O)CCCCCCCCCCC)[C@@H]1O[C@H](CO)[C@H](O)[C@H](O)[C@H]1NC(=O)[C@H](C)NC(=O)OCc1ccccc1. The standard InChI is InChI=1S/C47H83N3O8/c1-4-6-8-10-12-14-15-16-17-18-19-20-22-24-26-31-35-50(41(52)34-30-25-23-21-13-11-9-7-5-2)46-42(44(54)43(53)40(36-51)58-46)49-45(55)38(3)48-47(56)57-37-39-32-28-27-29-33-39/h27-29,32-33,38,40,42-44,46,51,53-54H,4-26,30-31,34-37H2,1-3H3,(H,48,56)(H,49,55)/t38-,40+,42+,43-,44+,46+/m0/s1. The fourth-order valence-corrected chi connectivity index (χ4v) is 7.77. The van der Waals surface area contributed by atoms with Crippen molar-refractivity contribution in [3.05, 3.63) is 35.9 Å². The Morgan fingerprint density at radius 1 is 0.690 bits per heavy atom. The molecule has 1 heterocycles. The zero-order valence-corrected chi connectivity index (χ0v) is 36.7. The molecule has 1 aromatic rings. The first-order chi connectivity index (χ1) is 28.2. The van der Waals surface area contributed by atoms with Crippen molar-refractivity contribution in [3.63, 3.8) is 0 Å². The summed E-state index contributed by atoms with van der Waals surface area (Å²) in [4.78, 5) is 41.5. The molecule has 11 heteroatoms. The molecule has 0 bridgehead atoms. The lowest BCUT2D eigenvalue weighted by Gasteiger charge is -2.47. The summed E-state index contributed by atoms with van der Waals surface area (Å²) in [5, 5.41) is 37.5. The number of alkyl carbamates (subject to hydrolysis) is 1. The summed E-state index contributed by atoms with van der Waals surface area (Å²) in [5.41, 5.74) is 0.795. The molecule has 11 nitrogen and oxygen atoms in total. The highest BCUT2D eigenvalue weighted by atomic mass is 16.6. The van der Waals surface area contributed by atoms with E-state index in [0.717, 1.165) is 50.5 Å². The summed E-state index contributed by atoms with van der Waals surface area (Å²) >= 11 is 0. The van der Waals surface area contributed by atoms with E-state index in [0.29, 0.717) is 19.4 Å². The zero-order valence-electron chi connectivity index (χ0n) is 36.7. The van der Waals surface area contributed by atoms with Crippen molar-refractivity contribution in [2.45, 2.75) is 231 Å². The summed E-state index contributed by atoms with van der Waals surface area (Å²) in [6, 6.07) is 6.91. The van der Waals surface area contributed by atoms with Crippen LogP contribution in [0.1, 0.15) is 193 Å². The zero-order chi connectivity index (χ0) is 42.2. The van der Waals surface area contributed by atoms with Crippen molar-refractivity contribution < 1.29 is 39.2 Å². The number of aliphatic hydroxyl groups excluding tert-OH is 3. The Bertz CT molecular complexity index is 1190. The molecule has 1 aromatic carbocycles. The van der Waals surface area contributed by atoms with Crippen LogP contribution < -0.4 is 10.6 Å². The van der Waals surface area contributed by atoms with E-state index in [1.54, 1.807) is 4.90 Å². The highest BCUT2D eigenvalue weighted by Crippen LogP contribution is 2.26.